The molecule has 0 amide bonds. The van der Waals surface area contributed by atoms with Crippen molar-refractivity contribution in [2.24, 2.45) is 11.3 Å². The van der Waals surface area contributed by atoms with Crippen molar-refractivity contribution in [3.8, 4) is 0 Å². The summed E-state index contributed by atoms with van der Waals surface area (Å²) in [5, 5.41) is 9.72. The Morgan fingerprint density at radius 2 is 1.88 bits per heavy atom. The number of aliphatic hydroxyl groups excluding tert-OH is 1. The molecule has 0 aromatic carbocycles. The van der Waals surface area contributed by atoms with Crippen molar-refractivity contribution in [3.05, 3.63) is 0 Å². The van der Waals surface area contributed by atoms with Crippen LogP contribution in [0.4, 0.5) is 0 Å². The Morgan fingerprint density at radius 3 is 2.35 bits per heavy atom. The predicted molar refractivity (Wildman–Crippen MR) is 72.0 cm³/mol. The van der Waals surface area contributed by atoms with Gasteiger partial charge in [0, 0.05) is 24.6 Å². The Balaban J connectivity index is 1.87. The normalized spacial score (nSPS) is 23.8. The molecule has 2 nitrogen and oxygen atoms in total. The fraction of sp³-hybridized carbons (Fsp3) is 1.00. The van der Waals surface area contributed by atoms with E-state index < -0.39 is 0 Å². The lowest BCUT2D eigenvalue weighted by Crippen LogP contribution is -2.40. The molecule has 0 saturated heterocycles. The second-order valence-corrected chi connectivity index (χ2v) is 6.75. The van der Waals surface area contributed by atoms with Gasteiger partial charge in [0.2, 0.25) is 0 Å². The highest BCUT2D eigenvalue weighted by Gasteiger charge is 2.38. The smallest absolute Gasteiger partial charge is 0.0499 e. The Hall–Kier alpha value is -0.0800. The molecule has 2 aliphatic carbocycles. The topological polar surface area (TPSA) is 23.5 Å². The molecule has 0 aromatic rings. The molecule has 1 N–H and O–H groups in total. The summed E-state index contributed by atoms with van der Waals surface area (Å²) >= 11 is 0. The van der Waals surface area contributed by atoms with Crippen LogP contribution in [0.2, 0.25) is 0 Å². The number of aliphatic hydroxyl groups is 1. The van der Waals surface area contributed by atoms with Gasteiger partial charge in [0.15, 0.2) is 0 Å². The highest BCUT2D eigenvalue weighted by Crippen LogP contribution is 2.40. The minimum absolute atomic E-state index is 0.250. The van der Waals surface area contributed by atoms with Crippen molar-refractivity contribution in [1.29, 1.82) is 0 Å². The lowest BCUT2D eigenvalue weighted by Gasteiger charge is -2.34. The Kier molecular flexibility index (Phi) is 4.48. The van der Waals surface area contributed by atoms with Gasteiger partial charge in [0.1, 0.15) is 0 Å². The van der Waals surface area contributed by atoms with E-state index in [9.17, 15) is 5.11 Å². The Bertz CT molecular complexity index is 229. The van der Waals surface area contributed by atoms with Crippen LogP contribution in [0.1, 0.15) is 58.8 Å². The molecule has 0 heterocycles. The third kappa shape index (κ3) is 3.69. The van der Waals surface area contributed by atoms with Crippen LogP contribution in [0.3, 0.4) is 0 Å². The average molecular weight is 239 g/mol. The third-order valence-corrected chi connectivity index (χ3v) is 4.60. The summed E-state index contributed by atoms with van der Waals surface area (Å²) in [6.45, 7) is 7.41. The van der Waals surface area contributed by atoms with Crippen molar-refractivity contribution in [2.75, 3.05) is 19.7 Å². The molecule has 0 unspecified atom stereocenters. The molecule has 2 saturated carbocycles. The van der Waals surface area contributed by atoms with Gasteiger partial charge < -0.3 is 5.11 Å². The maximum atomic E-state index is 9.72. The van der Waals surface area contributed by atoms with Gasteiger partial charge in [-0.1, -0.05) is 26.7 Å². The molecule has 0 aromatic heterocycles. The SMILES string of the molecule is CC(C)CCN(CC1(CO)CCCC1)C1CC1. The summed E-state index contributed by atoms with van der Waals surface area (Å²) in [5.74, 6) is 0.796. The van der Waals surface area contributed by atoms with Crippen molar-refractivity contribution in [2.45, 2.75) is 64.8 Å². The first-order valence-electron chi connectivity index (χ1n) is 7.50. The van der Waals surface area contributed by atoms with Gasteiger partial charge in [-0.25, -0.2) is 0 Å². The summed E-state index contributed by atoms with van der Waals surface area (Å²) in [6, 6.07) is 0.845. The van der Waals surface area contributed by atoms with E-state index >= 15 is 0 Å². The zero-order valence-corrected chi connectivity index (χ0v) is 11.6. The number of hydrogen-bond acceptors (Lipinski definition) is 2. The van der Waals surface area contributed by atoms with Gasteiger partial charge in [0.05, 0.1) is 0 Å². The molecule has 2 heteroatoms. The summed E-state index contributed by atoms with van der Waals surface area (Å²) in [6.07, 6.45) is 9.21. The quantitative estimate of drug-likeness (QED) is 0.738. The molecule has 0 atom stereocenters. The fourth-order valence-corrected chi connectivity index (χ4v) is 3.18. The van der Waals surface area contributed by atoms with Gasteiger partial charge in [-0.05, 0) is 44.6 Å². The van der Waals surface area contributed by atoms with Crippen LogP contribution in [0.5, 0.6) is 0 Å². The van der Waals surface area contributed by atoms with E-state index in [2.05, 4.69) is 18.7 Å². The van der Waals surface area contributed by atoms with Crippen molar-refractivity contribution < 1.29 is 5.11 Å². The van der Waals surface area contributed by atoms with Crippen LogP contribution in [0.25, 0.3) is 0 Å². The molecular weight excluding hydrogens is 210 g/mol. The van der Waals surface area contributed by atoms with E-state index in [0.717, 1.165) is 18.5 Å². The third-order valence-electron chi connectivity index (χ3n) is 4.60. The maximum absolute atomic E-state index is 9.72. The summed E-state index contributed by atoms with van der Waals surface area (Å²) in [7, 11) is 0. The minimum Gasteiger partial charge on any atom is -0.396 e. The molecule has 100 valence electrons. The van der Waals surface area contributed by atoms with Crippen molar-refractivity contribution in [1.82, 2.24) is 4.90 Å². The molecule has 0 spiro atoms. The van der Waals surface area contributed by atoms with Gasteiger partial charge in [-0.2, -0.15) is 0 Å². The van der Waals surface area contributed by atoms with Gasteiger partial charge >= 0.3 is 0 Å². The minimum atomic E-state index is 0.250. The van der Waals surface area contributed by atoms with E-state index in [0.29, 0.717) is 6.61 Å². The van der Waals surface area contributed by atoms with E-state index in [1.807, 2.05) is 0 Å². The molecular formula is C15H29NO. The molecule has 0 bridgehead atoms. The van der Waals surface area contributed by atoms with E-state index in [1.54, 1.807) is 0 Å². The monoisotopic (exact) mass is 239 g/mol. The second kappa shape index (κ2) is 5.71. The van der Waals surface area contributed by atoms with Crippen LogP contribution >= 0.6 is 0 Å². The molecule has 17 heavy (non-hydrogen) atoms. The number of rotatable bonds is 7. The molecule has 0 aliphatic heterocycles. The lowest BCUT2D eigenvalue weighted by atomic mass is 9.86. The van der Waals surface area contributed by atoms with E-state index in [4.69, 9.17) is 0 Å². The summed E-state index contributed by atoms with van der Waals surface area (Å²) < 4.78 is 0. The first-order valence-corrected chi connectivity index (χ1v) is 7.50. The van der Waals surface area contributed by atoms with Crippen LogP contribution in [-0.4, -0.2) is 35.7 Å². The Morgan fingerprint density at radius 1 is 1.24 bits per heavy atom. The van der Waals surface area contributed by atoms with E-state index in [1.165, 1.54) is 51.5 Å². The maximum Gasteiger partial charge on any atom is 0.0499 e. The van der Waals surface area contributed by atoms with Crippen LogP contribution < -0.4 is 0 Å². The number of hydrogen-bond donors (Lipinski definition) is 1. The number of nitrogens with zero attached hydrogens (tertiary/aromatic N) is 1. The highest BCUT2D eigenvalue weighted by molar-refractivity contribution is 4.92. The molecule has 0 radical (unpaired) electrons. The Labute approximate surface area is 106 Å². The molecule has 2 fully saturated rings. The summed E-state index contributed by atoms with van der Waals surface area (Å²) in [5.41, 5.74) is 0.250. The van der Waals surface area contributed by atoms with Crippen LogP contribution in [-0.2, 0) is 0 Å². The zero-order valence-electron chi connectivity index (χ0n) is 11.6. The van der Waals surface area contributed by atoms with Crippen LogP contribution in [0, 0.1) is 11.3 Å². The molecule has 2 rings (SSSR count). The summed E-state index contributed by atoms with van der Waals surface area (Å²) in [4.78, 5) is 2.68. The zero-order chi connectivity index (χ0) is 12.3. The van der Waals surface area contributed by atoms with Crippen molar-refractivity contribution >= 4 is 0 Å². The average Bonchev–Trinajstić information content (AvgIpc) is 3.05. The highest BCUT2D eigenvalue weighted by atomic mass is 16.3. The van der Waals surface area contributed by atoms with Crippen molar-refractivity contribution in [3.63, 3.8) is 0 Å². The van der Waals surface area contributed by atoms with Crippen LogP contribution in [0.15, 0.2) is 0 Å². The van der Waals surface area contributed by atoms with Gasteiger partial charge in [-0.3, -0.25) is 4.90 Å². The first kappa shape index (κ1) is 13.4. The largest absolute Gasteiger partial charge is 0.396 e. The predicted octanol–water partition coefficient (Wildman–Crippen LogP) is 3.05. The standard InChI is InChI=1S/C15H29NO/c1-13(2)7-10-16(14-5-6-14)11-15(12-17)8-3-4-9-15/h13-14,17H,3-12H2,1-2H3. The molecule has 2 aliphatic rings. The second-order valence-electron chi connectivity index (χ2n) is 6.75. The van der Waals surface area contributed by atoms with Gasteiger partial charge in [0.25, 0.3) is 0 Å². The first-order chi connectivity index (χ1) is 8.15. The van der Waals surface area contributed by atoms with Gasteiger partial charge in [-0.15, -0.1) is 0 Å². The lowest BCUT2D eigenvalue weighted by molar-refractivity contribution is 0.0724. The fourth-order valence-electron chi connectivity index (χ4n) is 3.18. The van der Waals surface area contributed by atoms with E-state index in [-0.39, 0.29) is 5.41 Å².